The Morgan fingerprint density at radius 1 is 1.37 bits per heavy atom. The number of hydrogen-bond donors (Lipinski definition) is 2. The van der Waals surface area contributed by atoms with Gasteiger partial charge in [0.25, 0.3) is 0 Å². The van der Waals surface area contributed by atoms with Crippen LogP contribution in [0.1, 0.15) is 24.8 Å². The average molecular weight is 283 g/mol. The van der Waals surface area contributed by atoms with E-state index in [0.29, 0.717) is 0 Å². The highest BCUT2D eigenvalue weighted by atomic mass is 35.5. The highest BCUT2D eigenvalue weighted by Crippen LogP contribution is 2.27. The fourth-order valence-electron chi connectivity index (χ4n) is 2.58. The molecule has 0 radical (unpaired) electrons. The van der Waals surface area contributed by atoms with Crippen LogP contribution < -0.4 is 15.4 Å². The molecule has 2 aliphatic heterocycles. The van der Waals surface area contributed by atoms with E-state index in [0.717, 1.165) is 50.3 Å². The number of benzene rings is 1. The number of ether oxygens (including phenoxy) is 1. The van der Waals surface area contributed by atoms with Crippen LogP contribution in [0.3, 0.4) is 0 Å². The molecule has 19 heavy (non-hydrogen) atoms. The Morgan fingerprint density at radius 3 is 3.05 bits per heavy atom. The third-order valence-corrected chi connectivity index (χ3v) is 3.55. The lowest BCUT2D eigenvalue weighted by molar-refractivity contribution is -0.117. The number of aryl methyl sites for hydroxylation is 1. The molecule has 1 amide bonds. The van der Waals surface area contributed by atoms with Crippen LogP contribution in [0.25, 0.3) is 0 Å². The second-order valence-corrected chi connectivity index (χ2v) is 4.91. The van der Waals surface area contributed by atoms with Crippen LogP contribution in [-0.2, 0) is 11.2 Å². The molecule has 1 atom stereocenters. The average Bonchev–Trinajstić information content (AvgIpc) is 2.92. The maximum absolute atomic E-state index is 12.0. The molecule has 104 valence electrons. The fraction of sp³-hybridized carbons (Fsp3) is 0.500. The number of carbonyl (C=O) groups excluding carboxylic acids is 1. The SMILES string of the molecule is Cl.O=C(Nc1ccc2c(c1)CCCO2)C1CCCN1. The van der Waals surface area contributed by atoms with Crippen LogP contribution >= 0.6 is 12.4 Å². The second kappa shape index (κ2) is 6.26. The Balaban J connectivity index is 0.00000133. The van der Waals surface area contributed by atoms with Gasteiger partial charge in [0, 0.05) is 5.69 Å². The highest BCUT2D eigenvalue weighted by Gasteiger charge is 2.22. The number of nitrogens with one attached hydrogen (secondary N) is 2. The number of amides is 1. The van der Waals surface area contributed by atoms with E-state index >= 15 is 0 Å². The van der Waals surface area contributed by atoms with Crippen LogP contribution in [0, 0.1) is 0 Å². The molecule has 1 fully saturated rings. The summed E-state index contributed by atoms with van der Waals surface area (Å²) in [4.78, 5) is 12.0. The van der Waals surface area contributed by atoms with Crippen molar-refractivity contribution in [1.82, 2.24) is 5.32 Å². The van der Waals surface area contributed by atoms with Crippen LogP contribution in [0.4, 0.5) is 5.69 Å². The van der Waals surface area contributed by atoms with Crippen LogP contribution in [0.2, 0.25) is 0 Å². The molecule has 0 bridgehead atoms. The van der Waals surface area contributed by atoms with Gasteiger partial charge in [-0.3, -0.25) is 4.79 Å². The first-order valence-corrected chi connectivity index (χ1v) is 6.63. The molecule has 2 heterocycles. The fourth-order valence-corrected chi connectivity index (χ4v) is 2.58. The number of halogens is 1. The standard InChI is InChI=1S/C14H18N2O2.ClH/c17-14(12-4-1-7-15-12)16-11-5-6-13-10(9-11)3-2-8-18-13;/h5-6,9,12,15H,1-4,7-8H2,(H,16,17);1H. The minimum absolute atomic E-state index is 0. The zero-order chi connectivity index (χ0) is 12.4. The Hall–Kier alpha value is -1.26. The minimum Gasteiger partial charge on any atom is -0.493 e. The highest BCUT2D eigenvalue weighted by molar-refractivity contribution is 5.95. The van der Waals surface area contributed by atoms with E-state index in [9.17, 15) is 4.79 Å². The minimum atomic E-state index is -0.0303. The number of fused-ring (bicyclic) bond motifs is 1. The van der Waals surface area contributed by atoms with Gasteiger partial charge >= 0.3 is 0 Å². The molecule has 3 rings (SSSR count). The van der Waals surface area contributed by atoms with Crippen molar-refractivity contribution in [1.29, 1.82) is 0 Å². The molecule has 4 nitrogen and oxygen atoms in total. The summed E-state index contributed by atoms with van der Waals surface area (Å²) in [6, 6.07) is 5.86. The molecule has 1 saturated heterocycles. The van der Waals surface area contributed by atoms with Gasteiger partial charge in [-0.15, -0.1) is 12.4 Å². The van der Waals surface area contributed by atoms with Gasteiger partial charge < -0.3 is 15.4 Å². The molecule has 0 aliphatic carbocycles. The Bertz CT molecular complexity index is 459. The van der Waals surface area contributed by atoms with Gasteiger partial charge in [-0.25, -0.2) is 0 Å². The molecule has 0 saturated carbocycles. The van der Waals surface area contributed by atoms with Crippen molar-refractivity contribution in [3.8, 4) is 5.75 Å². The number of rotatable bonds is 2. The van der Waals surface area contributed by atoms with Gasteiger partial charge in [-0.2, -0.15) is 0 Å². The maximum Gasteiger partial charge on any atom is 0.241 e. The molecule has 0 aromatic heterocycles. The van der Waals surface area contributed by atoms with Gasteiger partial charge in [-0.05, 0) is 56.0 Å². The van der Waals surface area contributed by atoms with Crippen LogP contribution in [-0.4, -0.2) is 25.1 Å². The number of anilines is 1. The van der Waals surface area contributed by atoms with Crippen molar-refractivity contribution in [3.05, 3.63) is 23.8 Å². The third kappa shape index (κ3) is 3.19. The van der Waals surface area contributed by atoms with Gasteiger partial charge in [0.1, 0.15) is 5.75 Å². The number of carbonyl (C=O) groups is 1. The Labute approximate surface area is 119 Å². The Kier molecular flexibility index (Phi) is 4.66. The summed E-state index contributed by atoms with van der Waals surface area (Å²) in [5, 5.41) is 6.18. The van der Waals surface area contributed by atoms with Crippen molar-refractivity contribution in [2.24, 2.45) is 0 Å². The van der Waals surface area contributed by atoms with Gasteiger partial charge in [0.2, 0.25) is 5.91 Å². The summed E-state index contributed by atoms with van der Waals surface area (Å²) in [6.07, 6.45) is 4.09. The lowest BCUT2D eigenvalue weighted by atomic mass is 10.1. The number of hydrogen-bond acceptors (Lipinski definition) is 3. The predicted molar refractivity (Wildman–Crippen MR) is 77.2 cm³/mol. The molecular weight excluding hydrogens is 264 g/mol. The molecule has 1 aromatic rings. The summed E-state index contributed by atoms with van der Waals surface area (Å²) in [5.74, 6) is 1.03. The van der Waals surface area contributed by atoms with Gasteiger partial charge in [0.15, 0.2) is 0 Å². The normalized spacial score (nSPS) is 20.9. The summed E-state index contributed by atoms with van der Waals surface area (Å²) < 4.78 is 5.56. The second-order valence-electron chi connectivity index (χ2n) is 4.91. The third-order valence-electron chi connectivity index (χ3n) is 3.55. The molecular formula is C14H19ClN2O2. The topological polar surface area (TPSA) is 50.4 Å². The lowest BCUT2D eigenvalue weighted by Crippen LogP contribution is -2.35. The summed E-state index contributed by atoms with van der Waals surface area (Å²) in [7, 11) is 0. The Morgan fingerprint density at radius 2 is 2.26 bits per heavy atom. The zero-order valence-electron chi connectivity index (χ0n) is 10.8. The largest absolute Gasteiger partial charge is 0.493 e. The van der Waals surface area contributed by atoms with E-state index in [1.165, 1.54) is 5.56 Å². The van der Waals surface area contributed by atoms with Crippen molar-refractivity contribution in [3.63, 3.8) is 0 Å². The van der Waals surface area contributed by atoms with E-state index in [-0.39, 0.29) is 24.4 Å². The molecule has 2 aliphatic rings. The summed E-state index contributed by atoms with van der Waals surface area (Å²) in [6.45, 7) is 1.74. The van der Waals surface area contributed by atoms with Crippen molar-refractivity contribution in [2.45, 2.75) is 31.7 Å². The van der Waals surface area contributed by atoms with Crippen molar-refractivity contribution >= 4 is 24.0 Å². The van der Waals surface area contributed by atoms with Crippen LogP contribution in [0.5, 0.6) is 5.75 Å². The molecule has 1 unspecified atom stereocenters. The predicted octanol–water partition coefficient (Wildman–Crippen LogP) is 2.12. The van der Waals surface area contributed by atoms with E-state index < -0.39 is 0 Å². The van der Waals surface area contributed by atoms with E-state index in [1.807, 2.05) is 18.2 Å². The maximum atomic E-state index is 12.0. The van der Waals surface area contributed by atoms with E-state index in [4.69, 9.17) is 4.74 Å². The van der Waals surface area contributed by atoms with Crippen molar-refractivity contribution < 1.29 is 9.53 Å². The zero-order valence-corrected chi connectivity index (χ0v) is 11.6. The quantitative estimate of drug-likeness (QED) is 0.874. The summed E-state index contributed by atoms with van der Waals surface area (Å²) in [5.41, 5.74) is 2.07. The summed E-state index contributed by atoms with van der Waals surface area (Å²) >= 11 is 0. The van der Waals surface area contributed by atoms with Crippen LogP contribution in [0.15, 0.2) is 18.2 Å². The smallest absolute Gasteiger partial charge is 0.241 e. The van der Waals surface area contributed by atoms with E-state index in [1.54, 1.807) is 0 Å². The first-order valence-electron chi connectivity index (χ1n) is 6.63. The van der Waals surface area contributed by atoms with Gasteiger partial charge in [0.05, 0.1) is 12.6 Å². The van der Waals surface area contributed by atoms with Crippen molar-refractivity contribution in [2.75, 3.05) is 18.5 Å². The van der Waals surface area contributed by atoms with E-state index in [2.05, 4.69) is 10.6 Å². The first-order chi connectivity index (χ1) is 8.83. The molecule has 2 N–H and O–H groups in total. The monoisotopic (exact) mass is 282 g/mol. The molecule has 1 aromatic carbocycles. The van der Waals surface area contributed by atoms with Gasteiger partial charge in [-0.1, -0.05) is 0 Å². The molecule has 5 heteroatoms. The lowest BCUT2D eigenvalue weighted by Gasteiger charge is -2.18. The first kappa shape index (κ1) is 14.2. The molecule has 0 spiro atoms.